The molecule has 0 aromatic carbocycles. The molecule has 0 N–H and O–H groups in total. The normalized spacial score (nSPS) is 10.4. The van der Waals surface area contributed by atoms with Gasteiger partial charge in [0, 0.05) is 0 Å². The maximum atomic E-state index is 2.21. The molecular weight excluding hydrogens is 120 g/mol. The van der Waals surface area contributed by atoms with E-state index in [9.17, 15) is 0 Å². The van der Waals surface area contributed by atoms with Gasteiger partial charge in [-0.15, -0.1) is 0 Å². The second-order valence-electron chi connectivity index (χ2n) is 2.89. The van der Waals surface area contributed by atoms with E-state index in [2.05, 4.69) is 39.8 Å². The Morgan fingerprint density at radius 2 is 1.80 bits per heavy atom. The summed E-state index contributed by atoms with van der Waals surface area (Å²) in [6.07, 6.45) is 6.73. The fraction of sp³-hybridized carbons (Fsp3) is 0.600. The van der Waals surface area contributed by atoms with Crippen LogP contribution in [-0.2, 0) is 0 Å². The lowest BCUT2D eigenvalue weighted by molar-refractivity contribution is 0.952. The molecule has 0 heteroatoms. The monoisotopic (exact) mass is 138 g/mol. The van der Waals surface area contributed by atoms with Gasteiger partial charge in [0.15, 0.2) is 0 Å². The lowest BCUT2D eigenvalue weighted by Crippen LogP contribution is -1.78. The predicted molar refractivity (Wildman–Crippen MR) is 48.1 cm³/mol. The standard InChI is InChI=1S/C10H18/c1-5-6-7-8-10(4)9(2)3/h5-6H,7-8H2,1-4H3/b6-5+. The molecule has 0 atom stereocenters. The maximum absolute atomic E-state index is 2.21. The van der Waals surface area contributed by atoms with E-state index in [-0.39, 0.29) is 0 Å². The van der Waals surface area contributed by atoms with E-state index < -0.39 is 0 Å². The SMILES string of the molecule is C/C=C/CCC(C)=C(C)C. The third kappa shape index (κ3) is 4.37. The van der Waals surface area contributed by atoms with Crippen LogP contribution in [0.1, 0.15) is 40.5 Å². The van der Waals surface area contributed by atoms with Crippen LogP contribution < -0.4 is 0 Å². The molecule has 0 fully saturated rings. The summed E-state index contributed by atoms with van der Waals surface area (Å²) < 4.78 is 0. The molecule has 0 saturated carbocycles. The third-order valence-corrected chi connectivity index (χ3v) is 1.78. The van der Waals surface area contributed by atoms with Crippen LogP contribution >= 0.6 is 0 Å². The van der Waals surface area contributed by atoms with Gasteiger partial charge in [-0.2, -0.15) is 0 Å². The summed E-state index contributed by atoms with van der Waals surface area (Å²) in [6, 6.07) is 0. The van der Waals surface area contributed by atoms with Gasteiger partial charge in [-0.25, -0.2) is 0 Å². The topological polar surface area (TPSA) is 0 Å². The molecule has 0 bridgehead atoms. The summed E-state index contributed by atoms with van der Waals surface area (Å²) in [6.45, 7) is 8.62. The molecule has 0 amide bonds. The van der Waals surface area contributed by atoms with Crippen molar-refractivity contribution in [3.8, 4) is 0 Å². The van der Waals surface area contributed by atoms with Gasteiger partial charge in [-0.05, 0) is 40.5 Å². The fourth-order valence-corrected chi connectivity index (χ4v) is 0.717. The van der Waals surface area contributed by atoms with Crippen molar-refractivity contribution in [3.63, 3.8) is 0 Å². The van der Waals surface area contributed by atoms with Crippen LogP contribution in [0.3, 0.4) is 0 Å². The van der Waals surface area contributed by atoms with Crippen molar-refractivity contribution in [2.24, 2.45) is 0 Å². The van der Waals surface area contributed by atoms with Gasteiger partial charge in [0.2, 0.25) is 0 Å². The number of rotatable bonds is 3. The Hall–Kier alpha value is -0.520. The van der Waals surface area contributed by atoms with Crippen molar-refractivity contribution >= 4 is 0 Å². The van der Waals surface area contributed by atoms with Crippen LogP contribution in [0, 0.1) is 0 Å². The molecule has 0 aliphatic heterocycles. The van der Waals surface area contributed by atoms with Gasteiger partial charge < -0.3 is 0 Å². The number of hydrogen-bond acceptors (Lipinski definition) is 0. The minimum Gasteiger partial charge on any atom is -0.0917 e. The first kappa shape index (κ1) is 9.48. The lowest BCUT2D eigenvalue weighted by Gasteiger charge is -1.99. The first-order valence-corrected chi connectivity index (χ1v) is 3.92. The third-order valence-electron chi connectivity index (χ3n) is 1.78. The average molecular weight is 138 g/mol. The van der Waals surface area contributed by atoms with Crippen molar-refractivity contribution < 1.29 is 0 Å². The van der Waals surface area contributed by atoms with E-state index in [1.807, 2.05) is 0 Å². The van der Waals surface area contributed by atoms with E-state index in [1.54, 1.807) is 0 Å². The summed E-state index contributed by atoms with van der Waals surface area (Å²) in [5, 5.41) is 0. The van der Waals surface area contributed by atoms with Gasteiger partial charge in [-0.3, -0.25) is 0 Å². The highest BCUT2D eigenvalue weighted by atomic mass is 13.9. The predicted octanol–water partition coefficient (Wildman–Crippen LogP) is 3.70. The maximum Gasteiger partial charge on any atom is -0.0286 e. The van der Waals surface area contributed by atoms with Crippen molar-refractivity contribution in [2.75, 3.05) is 0 Å². The van der Waals surface area contributed by atoms with Gasteiger partial charge in [0.25, 0.3) is 0 Å². The number of hydrogen-bond donors (Lipinski definition) is 0. The lowest BCUT2D eigenvalue weighted by atomic mass is 10.1. The molecule has 0 radical (unpaired) electrons. The van der Waals surface area contributed by atoms with Crippen molar-refractivity contribution in [3.05, 3.63) is 23.3 Å². The molecule has 0 aromatic rings. The van der Waals surface area contributed by atoms with Crippen LogP contribution in [0.25, 0.3) is 0 Å². The Morgan fingerprint density at radius 3 is 2.20 bits per heavy atom. The molecule has 0 saturated heterocycles. The number of allylic oxidation sites excluding steroid dienone is 4. The molecule has 0 heterocycles. The zero-order chi connectivity index (χ0) is 7.98. The van der Waals surface area contributed by atoms with Crippen LogP contribution in [0.15, 0.2) is 23.3 Å². The molecule has 0 rings (SSSR count). The van der Waals surface area contributed by atoms with Crippen molar-refractivity contribution in [1.82, 2.24) is 0 Å². The zero-order valence-electron chi connectivity index (χ0n) is 7.57. The Labute approximate surface area is 64.6 Å². The van der Waals surface area contributed by atoms with Gasteiger partial charge in [0.05, 0.1) is 0 Å². The molecule has 0 nitrogen and oxygen atoms in total. The Bertz CT molecular complexity index is 134. The zero-order valence-corrected chi connectivity index (χ0v) is 7.57. The Balaban J connectivity index is 3.60. The molecule has 0 unspecified atom stereocenters. The average Bonchev–Trinajstić information content (AvgIpc) is 1.88. The minimum absolute atomic E-state index is 1.19. The van der Waals surface area contributed by atoms with E-state index in [4.69, 9.17) is 0 Å². The van der Waals surface area contributed by atoms with E-state index >= 15 is 0 Å². The Morgan fingerprint density at radius 1 is 1.20 bits per heavy atom. The van der Waals surface area contributed by atoms with Crippen LogP contribution in [0.4, 0.5) is 0 Å². The molecule has 0 aromatic heterocycles. The summed E-state index contributed by atoms with van der Waals surface area (Å²) >= 11 is 0. The van der Waals surface area contributed by atoms with Crippen molar-refractivity contribution in [2.45, 2.75) is 40.5 Å². The first-order chi connectivity index (χ1) is 4.68. The van der Waals surface area contributed by atoms with E-state index in [0.717, 1.165) is 0 Å². The van der Waals surface area contributed by atoms with Gasteiger partial charge in [0.1, 0.15) is 0 Å². The molecule has 0 aliphatic carbocycles. The van der Waals surface area contributed by atoms with Crippen LogP contribution in [-0.4, -0.2) is 0 Å². The highest BCUT2D eigenvalue weighted by Gasteiger charge is 1.88. The first-order valence-electron chi connectivity index (χ1n) is 3.92. The summed E-state index contributed by atoms with van der Waals surface area (Å²) in [7, 11) is 0. The molecule has 10 heavy (non-hydrogen) atoms. The second kappa shape index (κ2) is 5.28. The summed E-state index contributed by atoms with van der Waals surface area (Å²) in [5.74, 6) is 0. The van der Waals surface area contributed by atoms with Crippen molar-refractivity contribution in [1.29, 1.82) is 0 Å². The van der Waals surface area contributed by atoms with Gasteiger partial charge in [-0.1, -0.05) is 23.3 Å². The quantitative estimate of drug-likeness (QED) is 0.522. The molecule has 0 spiro atoms. The van der Waals surface area contributed by atoms with Crippen LogP contribution in [0.2, 0.25) is 0 Å². The van der Waals surface area contributed by atoms with E-state index in [1.165, 1.54) is 24.0 Å². The van der Waals surface area contributed by atoms with Gasteiger partial charge >= 0.3 is 0 Å². The fourth-order valence-electron chi connectivity index (χ4n) is 0.717. The summed E-state index contributed by atoms with van der Waals surface area (Å²) in [5.41, 5.74) is 2.99. The van der Waals surface area contributed by atoms with Crippen LogP contribution in [0.5, 0.6) is 0 Å². The smallest absolute Gasteiger partial charge is 0.0286 e. The highest BCUT2D eigenvalue weighted by molar-refractivity contribution is 5.07. The minimum atomic E-state index is 1.19. The Kier molecular flexibility index (Phi) is 5.00. The molecular formula is C10H18. The molecule has 58 valence electrons. The highest BCUT2D eigenvalue weighted by Crippen LogP contribution is 2.09. The molecule has 0 aliphatic rings. The van der Waals surface area contributed by atoms with E-state index in [0.29, 0.717) is 0 Å². The second-order valence-corrected chi connectivity index (χ2v) is 2.89. The summed E-state index contributed by atoms with van der Waals surface area (Å²) in [4.78, 5) is 0. The largest absolute Gasteiger partial charge is 0.0917 e.